The molecular weight excluding hydrogens is 280 g/mol. The summed E-state index contributed by atoms with van der Waals surface area (Å²) in [7, 11) is -3.60. The van der Waals surface area contributed by atoms with E-state index in [2.05, 4.69) is 5.32 Å². The van der Waals surface area contributed by atoms with Crippen molar-refractivity contribution >= 4 is 27.5 Å². The molecule has 1 aromatic rings. The molecule has 1 heterocycles. The SMILES string of the molecule is CC(C)NC(=O)c1cccc(N2C(=O)CCS2(=O)=O)c1. The van der Waals surface area contributed by atoms with Crippen molar-refractivity contribution in [2.45, 2.75) is 26.3 Å². The molecule has 1 fully saturated rings. The number of amides is 2. The Labute approximate surface area is 117 Å². The summed E-state index contributed by atoms with van der Waals surface area (Å²) in [6.45, 7) is 3.66. The first-order valence-electron chi connectivity index (χ1n) is 6.28. The number of carbonyl (C=O) groups excluding carboxylic acids is 2. The number of rotatable bonds is 3. The number of hydrogen-bond acceptors (Lipinski definition) is 4. The molecule has 1 aliphatic rings. The molecule has 0 unspecified atom stereocenters. The van der Waals surface area contributed by atoms with E-state index < -0.39 is 15.9 Å². The summed E-state index contributed by atoms with van der Waals surface area (Å²) in [6.07, 6.45) is -0.0231. The number of sulfonamides is 1. The molecule has 0 saturated carbocycles. The van der Waals surface area contributed by atoms with Crippen LogP contribution < -0.4 is 9.62 Å². The van der Waals surface area contributed by atoms with Crippen LogP contribution in [0.2, 0.25) is 0 Å². The van der Waals surface area contributed by atoms with Crippen molar-refractivity contribution < 1.29 is 18.0 Å². The monoisotopic (exact) mass is 296 g/mol. The average Bonchev–Trinajstić information content (AvgIpc) is 2.62. The van der Waals surface area contributed by atoms with Crippen LogP contribution in [0.15, 0.2) is 24.3 Å². The lowest BCUT2D eigenvalue weighted by molar-refractivity contribution is -0.116. The number of carbonyl (C=O) groups is 2. The minimum absolute atomic E-state index is 0.0231. The third kappa shape index (κ3) is 2.82. The van der Waals surface area contributed by atoms with Gasteiger partial charge >= 0.3 is 0 Å². The highest BCUT2D eigenvalue weighted by Crippen LogP contribution is 2.25. The second-order valence-corrected chi connectivity index (χ2v) is 6.84. The predicted molar refractivity (Wildman–Crippen MR) is 74.9 cm³/mol. The molecule has 6 nitrogen and oxygen atoms in total. The summed E-state index contributed by atoms with van der Waals surface area (Å²) in [6, 6.07) is 6.04. The van der Waals surface area contributed by atoms with E-state index >= 15 is 0 Å². The van der Waals surface area contributed by atoms with Gasteiger partial charge in [0.05, 0.1) is 11.4 Å². The summed E-state index contributed by atoms with van der Waals surface area (Å²) in [5.74, 6) is -0.953. The normalized spacial score (nSPS) is 17.6. The van der Waals surface area contributed by atoms with Gasteiger partial charge in [0.15, 0.2) is 0 Å². The fourth-order valence-corrected chi connectivity index (χ4v) is 3.44. The van der Waals surface area contributed by atoms with E-state index in [1.165, 1.54) is 12.1 Å². The first-order chi connectivity index (χ1) is 9.31. The maximum Gasteiger partial charge on any atom is 0.251 e. The molecule has 0 radical (unpaired) electrons. The molecule has 1 saturated heterocycles. The molecule has 7 heteroatoms. The molecule has 1 aromatic carbocycles. The van der Waals surface area contributed by atoms with Crippen LogP contribution in [0, 0.1) is 0 Å². The molecule has 2 amide bonds. The molecule has 1 N–H and O–H groups in total. The van der Waals surface area contributed by atoms with Crippen LogP contribution in [-0.4, -0.2) is 32.0 Å². The molecule has 0 atom stereocenters. The smallest absolute Gasteiger partial charge is 0.251 e. The van der Waals surface area contributed by atoms with E-state index in [4.69, 9.17) is 0 Å². The summed E-state index contributed by atoms with van der Waals surface area (Å²) in [5.41, 5.74) is 0.537. The van der Waals surface area contributed by atoms with E-state index in [9.17, 15) is 18.0 Å². The van der Waals surface area contributed by atoms with Crippen LogP contribution in [0.3, 0.4) is 0 Å². The van der Waals surface area contributed by atoms with Crippen LogP contribution in [0.1, 0.15) is 30.6 Å². The minimum atomic E-state index is -3.60. The molecule has 0 bridgehead atoms. The summed E-state index contributed by atoms with van der Waals surface area (Å²) in [4.78, 5) is 23.6. The maximum absolute atomic E-state index is 11.9. The number of hydrogen-bond donors (Lipinski definition) is 1. The molecule has 2 rings (SSSR count). The van der Waals surface area contributed by atoms with Crippen molar-refractivity contribution in [2.75, 3.05) is 10.1 Å². The van der Waals surface area contributed by atoms with Gasteiger partial charge in [-0.05, 0) is 32.0 Å². The van der Waals surface area contributed by atoms with Gasteiger partial charge in [0.25, 0.3) is 5.91 Å². The Kier molecular flexibility index (Phi) is 3.80. The molecule has 0 aliphatic carbocycles. The van der Waals surface area contributed by atoms with Crippen molar-refractivity contribution in [3.8, 4) is 0 Å². The maximum atomic E-state index is 11.9. The molecule has 0 aromatic heterocycles. The van der Waals surface area contributed by atoms with Gasteiger partial charge in [0.2, 0.25) is 15.9 Å². The van der Waals surface area contributed by atoms with E-state index in [0.29, 0.717) is 5.56 Å². The Morgan fingerprint density at radius 2 is 2.05 bits per heavy atom. The second kappa shape index (κ2) is 5.24. The van der Waals surface area contributed by atoms with Gasteiger partial charge in [-0.25, -0.2) is 12.7 Å². The first kappa shape index (κ1) is 14.5. The zero-order valence-electron chi connectivity index (χ0n) is 11.3. The summed E-state index contributed by atoms with van der Waals surface area (Å²) in [5, 5.41) is 2.72. The molecule has 0 spiro atoms. The Morgan fingerprint density at radius 3 is 2.60 bits per heavy atom. The quantitative estimate of drug-likeness (QED) is 0.898. The van der Waals surface area contributed by atoms with Gasteiger partial charge in [0, 0.05) is 18.0 Å². The lowest BCUT2D eigenvalue weighted by Gasteiger charge is -2.16. The molecule has 108 valence electrons. The molecule has 20 heavy (non-hydrogen) atoms. The van der Waals surface area contributed by atoms with Gasteiger partial charge in [-0.1, -0.05) is 6.07 Å². The Morgan fingerprint density at radius 1 is 1.35 bits per heavy atom. The number of nitrogens with one attached hydrogen (secondary N) is 1. The highest BCUT2D eigenvalue weighted by atomic mass is 32.2. The standard InChI is InChI=1S/C13H16N2O4S/c1-9(2)14-13(17)10-4-3-5-11(8-10)15-12(16)6-7-20(15,18)19/h3-5,8-9H,6-7H2,1-2H3,(H,14,17). The zero-order valence-corrected chi connectivity index (χ0v) is 12.1. The van der Waals surface area contributed by atoms with Gasteiger partial charge < -0.3 is 5.32 Å². The van der Waals surface area contributed by atoms with Crippen molar-refractivity contribution in [1.29, 1.82) is 0 Å². The van der Waals surface area contributed by atoms with Crippen LogP contribution in [0.25, 0.3) is 0 Å². The van der Waals surface area contributed by atoms with Crippen LogP contribution >= 0.6 is 0 Å². The van der Waals surface area contributed by atoms with Gasteiger partial charge in [-0.3, -0.25) is 9.59 Å². The molecular formula is C13H16N2O4S. The van der Waals surface area contributed by atoms with Gasteiger partial charge in [-0.2, -0.15) is 0 Å². The van der Waals surface area contributed by atoms with E-state index in [1.54, 1.807) is 12.1 Å². The number of anilines is 1. The number of nitrogens with zero attached hydrogens (tertiary/aromatic N) is 1. The third-order valence-corrected chi connectivity index (χ3v) is 4.53. The highest BCUT2D eigenvalue weighted by Gasteiger charge is 2.36. The highest BCUT2D eigenvalue weighted by molar-refractivity contribution is 7.94. The summed E-state index contributed by atoms with van der Waals surface area (Å²) < 4.78 is 24.4. The summed E-state index contributed by atoms with van der Waals surface area (Å²) >= 11 is 0. The van der Waals surface area contributed by atoms with E-state index in [-0.39, 0.29) is 29.8 Å². The largest absolute Gasteiger partial charge is 0.350 e. The predicted octanol–water partition coefficient (Wildman–Crippen LogP) is 0.891. The van der Waals surface area contributed by atoms with Crippen LogP contribution in [-0.2, 0) is 14.8 Å². The van der Waals surface area contributed by atoms with Crippen LogP contribution in [0.4, 0.5) is 5.69 Å². The van der Waals surface area contributed by atoms with Crippen molar-refractivity contribution in [3.63, 3.8) is 0 Å². The van der Waals surface area contributed by atoms with Crippen molar-refractivity contribution in [2.24, 2.45) is 0 Å². The van der Waals surface area contributed by atoms with E-state index in [1.807, 2.05) is 13.8 Å². The minimum Gasteiger partial charge on any atom is -0.350 e. The Bertz CT molecular complexity index is 652. The zero-order chi connectivity index (χ0) is 14.9. The lowest BCUT2D eigenvalue weighted by Crippen LogP contribution is -2.31. The number of benzene rings is 1. The third-order valence-electron chi connectivity index (χ3n) is 2.84. The average molecular weight is 296 g/mol. The topological polar surface area (TPSA) is 83.6 Å². The fourth-order valence-electron chi connectivity index (χ4n) is 1.99. The van der Waals surface area contributed by atoms with Gasteiger partial charge in [-0.15, -0.1) is 0 Å². The van der Waals surface area contributed by atoms with Crippen molar-refractivity contribution in [3.05, 3.63) is 29.8 Å². The molecule has 1 aliphatic heterocycles. The first-order valence-corrected chi connectivity index (χ1v) is 7.89. The van der Waals surface area contributed by atoms with Crippen LogP contribution in [0.5, 0.6) is 0 Å². The van der Waals surface area contributed by atoms with Crippen molar-refractivity contribution in [1.82, 2.24) is 5.32 Å². The Hall–Kier alpha value is -1.89. The van der Waals surface area contributed by atoms with E-state index in [0.717, 1.165) is 4.31 Å². The van der Waals surface area contributed by atoms with Gasteiger partial charge in [0.1, 0.15) is 0 Å². The Balaban J connectivity index is 2.35. The fraction of sp³-hybridized carbons (Fsp3) is 0.385. The second-order valence-electron chi connectivity index (χ2n) is 4.90. The lowest BCUT2D eigenvalue weighted by atomic mass is 10.1.